The molecule has 0 spiro atoms. The quantitative estimate of drug-likeness (QED) is 0.782. The highest BCUT2D eigenvalue weighted by Crippen LogP contribution is 2.17. The third-order valence-corrected chi connectivity index (χ3v) is 2.31. The fourth-order valence-electron chi connectivity index (χ4n) is 0.883. The van der Waals surface area contributed by atoms with Gasteiger partial charge >= 0.3 is 0 Å². The van der Waals surface area contributed by atoms with Crippen LogP contribution >= 0.6 is 15.9 Å². The summed E-state index contributed by atoms with van der Waals surface area (Å²) in [6, 6.07) is 5.99. The lowest BCUT2D eigenvalue weighted by molar-refractivity contribution is 1.03. The maximum Gasteiger partial charge on any atom is 0.0223 e. The second-order valence-corrected chi connectivity index (χ2v) is 3.19. The molecule has 0 unspecified atom stereocenters. The highest BCUT2D eigenvalue weighted by molar-refractivity contribution is 9.10. The van der Waals surface area contributed by atoms with Crippen LogP contribution in [0.25, 0.3) is 0 Å². The Morgan fingerprint density at radius 1 is 1.18 bits per heavy atom. The van der Waals surface area contributed by atoms with Crippen LogP contribution in [0, 0.1) is 0 Å². The molecule has 0 atom stereocenters. The Morgan fingerprint density at radius 2 is 1.91 bits per heavy atom. The minimum absolute atomic E-state index is 0.561. The SMILES string of the molecule is NCc1ccc(CN)c(Br)c1. The number of rotatable bonds is 2. The maximum atomic E-state index is 5.48. The lowest BCUT2D eigenvalue weighted by Gasteiger charge is -2.02. The predicted molar refractivity (Wildman–Crippen MR) is 49.9 cm³/mol. The van der Waals surface area contributed by atoms with Gasteiger partial charge in [-0.1, -0.05) is 28.1 Å². The van der Waals surface area contributed by atoms with Crippen LogP contribution in [0.3, 0.4) is 0 Å². The van der Waals surface area contributed by atoms with E-state index in [2.05, 4.69) is 15.9 Å². The van der Waals surface area contributed by atoms with E-state index in [-0.39, 0.29) is 0 Å². The lowest BCUT2D eigenvalue weighted by Crippen LogP contribution is -2.00. The Labute approximate surface area is 74.7 Å². The Hall–Kier alpha value is -0.380. The average molecular weight is 215 g/mol. The lowest BCUT2D eigenvalue weighted by atomic mass is 10.1. The zero-order valence-corrected chi connectivity index (χ0v) is 7.76. The fraction of sp³-hybridized carbons (Fsp3) is 0.250. The van der Waals surface area contributed by atoms with Gasteiger partial charge in [-0.05, 0) is 17.2 Å². The first-order chi connectivity index (χ1) is 5.27. The molecule has 4 N–H and O–H groups in total. The average Bonchev–Trinajstić information content (AvgIpc) is 2.04. The van der Waals surface area contributed by atoms with Gasteiger partial charge in [-0.2, -0.15) is 0 Å². The Bertz CT molecular complexity index is 248. The van der Waals surface area contributed by atoms with E-state index in [0.29, 0.717) is 13.1 Å². The molecule has 0 radical (unpaired) electrons. The van der Waals surface area contributed by atoms with Crippen LogP contribution in [0.5, 0.6) is 0 Å². The Balaban J connectivity index is 2.99. The van der Waals surface area contributed by atoms with Crippen molar-refractivity contribution in [2.24, 2.45) is 11.5 Å². The summed E-state index contributed by atoms with van der Waals surface area (Å²) < 4.78 is 1.04. The molecule has 1 aromatic carbocycles. The standard InChI is InChI=1S/C8H11BrN2/c9-8-3-6(4-10)1-2-7(8)5-11/h1-3H,4-5,10-11H2. The third-order valence-electron chi connectivity index (χ3n) is 1.57. The summed E-state index contributed by atoms with van der Waals surface area (Å²) in [4.78, 5) is 0. The molecule has 60 valence electrons. The molecule has 0 aliphatic carbocycles. The molecule has 0 saturated carbocycles. The third kappa shape index (κ3) is 2.02. The summed E-state index contributed by atoms with van der Waals surface area (Å²) in [6.07, 6.45) is 0. The fourth-order valence-corrected chi connectivity index (χ4v) is 1.47. The maximum absolute atomic E-state index is 5.48. The van der Waals surface area contributed by atoms with Crippen LogP contribution in [0.15, 0.2) is 22.7 Å². The molecule has 0 aliphatic rings. The van der Waals surface area contributed by atoms with E-state index in [1.165, 1.54) is 0 Å². The molecule has 0 bridgehead atoms. The van der Waals surface area contributed by atoms with Crippen molar-refractivity contribution in [2.75, 3.05) is 0 Å². The minimum Gasteiger partial charge on any atom is -0.326 e. The molecule has 0 aromatic heterocycles. The van der Waals surface area contributed by atoms with E-state index in [4.69, 9.17) is 11.5 Å². The molecular weight excluding hydrogens is 204 g/mol. The normalized spacial score (nSPS) is 10.1. The van der Waals surface area contributed by atoms with Crippen LogP contribution in [0.4, 0.5) is 0 Å². The first kappa shape index (κ1) is 8.71. The molecule has 1 rings (SSSR count). The highest BCUT2D eigenvalue weighted by atomic mass is 79.9. The molecule has 0 aliphatic heterocycles. The van der Waals surface area contributed by atoms with Crippen molar-refractivity contribution in [3.8, 4) is 0 Å². The number of benzene rings is 1. The van der Waals surface area contributed by atoms with Gasteiger partial charge in [-0.3, -0.25) is 0 Å². The zero-order chi connectivity index (χ0) is 8.27. The van der Waals surface area contributed by atoms with E-state index in [1.807, 2.05) is 18.2 Å². The smallest absolute Gasteiger partial charge is 0.0223 e. The van der Waals surface area contributed by atoms with Crippen molar-refractivity contribution < 1.29 is 0 Å². The molecule has 1 aromatic rings. The summed E-state index contributed by atoms with van der Waals surface area (Å²) in [6.45, 7) is 1.13. The van der Waals surface area contributed by atoms with E-state index in [1.54, 1.807) is 0 Å². The van der Waals surface area contributed by atoms with E-state index < -0.39 is 0 Å². The second kappa shape index (κ2) is 3.85. The molecule has 11 heavy (non-hydrogen) atoms. The van der Waals surface area contributed by atoms with Crippen molar-refractivity contribution in [1.82, 2.24) is 0 Å². The molecule has 0 fully saturated rings. The van der Waals surface area contributed by atoms with Crippen molar-refractivity contribution in [2.45, 2.75) is 13.1 Å². The van der Waals surface area contributed by atoms with E-state index >= 15 is 0 Å². The number of halogens is 1. The first-order valence-electron chi connectivity index (χ1n) is 3.45. The molecule has 2 nitrogen and oxygen atoms in total. The zero-order valence-electron chi connectivity index (χ0n) is 6.18. The van der Waals surface area contributed by atoms with Crippen LogP contribution < -0.4 is 11.5 Å². The number of hydrogen-bond donors (Lipinski definition) is 2. The van der Waals surface area contributed by atoms with Crippen LogP contribution in [-0.4, -0.2) is 0 Å². The van der Waals surface area contributed by atoms with E-state index in [0.717, 1.165) is 15.6 Å². The van der Waals surface area contributed by atoms with Gasteiger partial charge < -0.3 is 11.5 Å². The molecule has 0 amide bonds. The minimum atomic E-state index is 0.561. The highest BCUT2D eigenvalue weighted by Gasteiger charge is 1.97. The molecule has 0 heterocycles. The van der Waals surface area contributed by atoms with E-state index in [9.17, 15) is 0 Å². The van der Waals surface area contributed by atoms with Gasteiger partial charge in [0.05, 0.1) is 0 Å². The van der Waals surface area contributed by atoms with Gasteiger partial charge in [0.15, 0.2) is 0 Å². The van der Waals surface area contributed by atoms with Gasteiger partial charge in [-0.15, -0.1) is 0 Å². The number of hydrogen-bond acceptors (Lipinski definition) is 2. The monoisotopic (exact) mass is 214 g/mol. The second-order valence-electron chi connectivity index (χ2n) is 2.33. The summed E-state index contributed by atoms with van der Waals surface area (Å²) >= 11 is 3.41. The van der Waals surface area contributed by atoms with Crippen LogP contribution in [0.1, 0.15) is 11.1 Å². The van der Waals surface area contributed by atoms with Gasteiger partial charge in [0.1, 0.15) is 0 Å². The van der Waals surface area contributed by atoms with Crippen molar-refractivity contribution in [3.05, 3.63) is 33.8 Å². The molecule has 0 saturated heterocycles. The van der Waals surface area contributed by atoms with Crippen molar-refractivity contribution in [3.63, 3.8) is 0 Å². The summed E-state index contributed by atoms with van der Waals surface area (Å²) in [7, 11) is 0. The summed E-state index contributed by atoms with van der Waals surface area (Å²) in [5, 5.41) is 0. The van der Waals surface area contributed by atoms with Gasteiger partial charge in [-0.25, -0.2) is 0 Å². The Kier molecular flexibility index (Phi) is 3.05. The van der Waals surface area contributed by atoms with Crippen LogP contribution in [0.2, 0.25) is 0 Å². The van der Waals surface area contributed by atoms with Crippen LogP contribution in [-0.2, 0) is 13.1 Å². The topological polar surface area (TPSA) is 52.0 Å². The Morgan fingerprint density at radius 3 is 2.36 bits per heavy atom. The van der Waals surface area contributed by atoms with Crippen molar-refractivity contribution >= 4 is 15.9 Å². The largest absolute Gasteiger partial charge is 0.326 e. The molecule has 3 heteroatoms. The summed E-state index contributed by atoms with van der Waals surface area (Å²) in [5.41, 5.74) is 13.2. The summed E-state index contributed by atoms with van der Waals surface area (Å²) in [5.74, 6) is 0. The van der Waals surface area contributed by atoms with Gasteiger partial charge in [0, 0.05) is 17.6 Å². The first-order valence-corrected chi connectivity index (χ1v) is 4.24. The van der Waals surface area contributed by atoms with Gasteiger partial charge in [0.2, 0.25) is 0 Å². The van der Waals surface area contributed by atoms with Crippen molar-refractivity contribution in [1.29, 1.82) is 0 Å². The molecular formula is C8H11BrN2. The van der Waals surface area contributed by atoms with Gasteiger partial charge in [0.25, 0.3) is 0 Å². The number of nitrogens with two attached hydrogens (primary N) is 2. The predicted octanol–water partition coefficient (Wildman–Crippen LogP) is 1.37.